The van der Waals surface area contributed by atoms with Crippen molar-refractivity contribution in [3.63, 3.8) is 0 Å². The van der Waals surface area contributed by atoms with Gasteiger partial charge >= 0.3 is 0 Å². The van der Waals surface area contributed by atoms with Gasteiger partial charge in [-0.3, -0.25) is 9.59 Å². The van der Waals surface area contributed by atoms with Gasteiger partial charge in [0.1, 0.15) is 116 Å². The van der Waals surface area contributed by atoms with Crippen LogP contribution in [0.2, 0.25) is 0 Å². The summed E-state index contributed by atoms with van der Waals surface area (Å²) in [5.41, 5.74) is 0. The van der Waals surface area contributed by atoms with Crippen LogP contribution >= 0.6 is 0 Å². The van der Waals surface area contributed by atoms with Gasteiger partial charge in [-0.05, 0) is 6.92 Å². The minimum absolute atomic E-state index is 0.735. The molecule has 0 aromatic carbocycles. The number of carbonyl (C=O) groups excluding carboxylic acids is 2. The Morgan fingerprint density at radius 2 is 0.852 bits per heavy atom. The van der Waals surface area contributed by atoms with E-state index in [1.165, 1.54) is 6.92 Å². The first-order valence-electron chi connectivity index (χ1n) is 19.5. The number of carbonyl (C=O) groups is 2. The molecular formula is C34H58N2O25. The van der Waals surface area contributed by atoms with Gasteiger partial charge in [0.05, 0.1) is 32.5 Å². The molecule has 0 aliphatic carbocycles. The Balaban J connectivity index is 1.46. The molecule has 61 heavy (non-hydrogen) atoms. The zero-order chi connectivity index (χ0) is 45.2. The van der Waals surface area contributed by atoms with E-state index in [0.29, 0.717) is 0 Å². The topological polar surface area (TPSA) is 424 Å². The van der Waals surface area contributed by atoms with Crippen LogP contribution in [0, 0.1) is 0 Å². The molecule has 5 aliphatic rings. The standard InChI is InChI=1S/C34H58N2O25/c1-8-17(43)21(47)23(49)32(53-8)61-29-25(51)27(14(7-40)57-34(29)60-28-16(36-10(3)42)30(52)54-12(5-38)19(28)45)58-31-15(35-9(2)41)20(46)26(13(6-39)56-31)59-33-24(50)22(48)18(44)11(4-37)55-33/h8,11-34,37-40,43-52H,4-7H2,1-3H3,(H,35,41)(H,36,42)/t8-,11+,12+,13+,14+,15+,16+,17+,18+,19-,20+,21+,22-,23-,24+,25-,26+,27-,28+,29+,30-,31-,32-,33-,34-/m0/s1. The third kappa shape index (κ3) is 10.8. The van der Waals surface area contributed by atoms with Gasteiger partial charge in [0, 0.05) is 13.8 Å². The summed E-state index contributed by atoms with van der Waals surface area (Å²) in [7, 11) is 0. The maximum absolute atomic E-state index is 12.4. The molecule has 5 aliphatic heterocycles. The zero-order valence-electron chi connectivity index (χ0n) is 33.0. The van der Waals surface area contributed by atoms with E-state index in [9.17, 15) is 81.1 Å². The Hall–Kier alpha value is -1.98. The lowest BCUT2D eigenvalue weighted by Crippen LogP contribution is -2.71. The van der Waals surface area contributed by atoms with Crippen molar-refractivity contribution in [3.8, 4) is 0 Å². The molecule has 16 N–H and O–H groups in total. The van der Waals surface area contributed by atoms with Gasteiger partial charge in [0.2, 0.25) is 11.8 Å². The lowest BCUT2D eigenvalue weighted by molar-refractivity contribution is -0.396. The minimum Gasteiger partial charge on any atom is -0.394 e. The summed E-state index contributed by atoms with van der Waals surface area (Å²) < 4.78 is 51.7. The van der Waals surface area contributed by atoms with Crippen LogP contribution in [0.25, 0.3) is 0 Å². The SMILES string of the molecule is CC(=O)N[C@@H]1[C@@H](O[C@@H]2O[C@H](CO)[C@H](O[C@@H]3O[C@H](CO)[C@@H](O[C@@H]4O[C@H](CO)[C@@H](O)[C@H](O)[C@H]4O)[C@H](O)[C@H]3NC(C)=O)[C@H](O)[C@H]2O[C@@H]2O[C@@H](C)[C@@H](O)[C@@H](O)[C@@H]2O)[C@@H](O)[C@@H](CO)O[C@@H]1O. The summed E-state index contributed by atoms with van der Waals surface area (Å²) in [4.78, 5) is 24.6. The predicted octanol–water partition coefficient (Wildman–Crippen LogP) is -10.6. The number of aliphatic hydroxyl groups is 14. The number of ether oxygens (including phenoxy) is 9. The van der Waals surface area contributed by atoms with E-state index >= 15 is 0 Å². The molecule has 5 fully saturated rings. The van der Waals surface area contributed by atoms with Gasteiger partial charge < -0.3 is 125 Å². The summed E-state index contributed by atoms with van der Waals surface area (Å²) in [5.74, 6) is -1.53. The van der Waals surface area contributed by atoms with Gasteiger partial charge in [-0.1, -0.05) is 0 Å². The first kappa shape index (κ1) is 50.0. The van der Waals surface area contributed by atoms with Crippen LogP contribution in [0.1, 0.15) is 20.8 Å². The van der Waals surface area contributed by atoms with Crippen molar-refractivity contribution in [1.82, 2.24) is 10.6 Å². The molecule has 0 unspecified atom stereocenters. The second kappa shape index (κ2) is 21.3. The number of amides is 2. The Morgan fingerprint density at radius 3 is 1.41 bits per heavy atom. The summed E-state index contributed by atoms with van der Waals surface area (Å²) in [5, 5.41) is 153. The predicted molar refractivity (Wildman–Crippen MR) is 188 cm³/mol. The third-order valence-corrected chi connectivity index (χ3v) is 11.1. The fraction of sp³-hybridized carbons (Fsp3) is 0.941. The van der Waals surface area contributed by atoms with Crippen LogP contribution in [-0.2, 0) is 52.2 Å². The molecule has 5 rings (SSSR count). The van der Waals surface area contributed by atoms with E-state index in [1.807, 2.05) is 0 Å². The highest BCUT2D eigenvalue weighted by Gasteiger charge is 2.57. The average Bonchev–Trinajstić information content (AvgIpc) is 3.22. The van der Waals surface area contributed by atoms with E-state index in [4.69, 9.17) is 42.6 Å². The molecule has 27 nitrogen and oxygen atoms in total. The van der Waals surface area contributed by atoms with E-state index in [2.05, 4.69) is 10.6 Å². The fourth-order valence-corrected chi connectivity index (χ4v) is 7.76. The number of hydrogen-bond acceptors (Lipinski definition) is 25. The Morgan fingerprint density at radius 1 is 0.426 bits per heavy atom. The van der Waals surface area contributed by atoms with Crippen molar-refractivity contribution in [2.45, 2.75) is 174 Å². The number of nitrogens with one attached hydrogen (secondary N) is 2. The van der Waals surface area contributed by atoms with Crippen molar-refractivity contribution in [2.24, 2.45) is 0 Å². The van der Waals surface area contributed by atoms with E-state index in [1.54, 1.807) is 0 Å². The third-order valence-electron chi connectivity index (χ3n) is 11.1. The van der Waals surface area contributed by atoms with Gasteiger partial charge in [-0.25, -0.2) is 0 Å². The molecule has 5 saturated heterocycles. The summed E-state index contributed by atoms with van der Waals surface area (Å²) in [6.45, 7) is -0.252. The largest absolute Gasteiger partial charge is 0.394 e. The van der Waals surface area contributed by atoms with Gasteiger partial charge in [0.15, 0.2) is 31.5 Å². The second-order valence-corrected chi connectivity index (χ2v) is 15.4. The van der Waals surface area contributed by atoms with Gasteiger partial charge in [-0.2, -0.15) is 0 Å². The molecule has 354 valence electrons. The maximum Gasteiger partial charge on any atom is 0.217 e. The lowest BCUT2D eigenvalue weighted by Gasteiger charge is -2.51. The minimum atomic E-state index is -2.13. The Bertz CT molecular complexity index is 1420. The molecule has 0 bridgehead atoms. The number of rotatable bonds is 14. The van der Waals surface area contributed by atoms with Crippen molar-refractivity contribution in [1.29, 1.82) is 0 Å². The molecule has 5 heterocycles. The van der Waals surface area contributed by atoms with Crippen molar-refractivity contribution < 1.29 is 124 Å². The molecule has 25 atom stereocenters. The monoisotopic (exact) mass is 894 g/mol. The van der Waals surface area contributed by atoms with Gasteiger partial charge in [0.25, 0.3) is 0 Å². The van der Waals surface area contributed by atoms with E-state index in [0.717, 1.165) is 13.8 Å². The molecule has 2 amide bonds. The Kier molecular flexibility index (Phi) is 17.5. The molecule has 27 heteroatoms. The quantitative estimate of drug-likeness (QED) is 0.0770. The van der Waals surface area contributed by atoms with Crippen LogP contribution in [0.15, 0.2) is 0 Å². The second-order valence-electron chi connectivity index (χ2n) is 15.4. The van der Waals surface area contributed by atoms with Crippen LogP contribution in [-0.4, -0.2) is 263 Å². The van der Waals surface area contributed by atoms with Crippen molar-refractivity contribution in [2.75, 3.05) is 26.4 Å². The molecular weight excluding hydrogens is 836 g/mol. The van der Waals surface area contributed by atoms with Crippen LogP contribution in [0.3, 0.4) is 0 Å². The van der Waals surface area contributed by atoms with Crippen LogP contribution < -0.4 is 10.6 Å². The zero-order valence-corrected chi connectivity index (χ0v) is 33.0. The number of hydrogen-bond donors (Lipinski definition) is 16. The normalized spacial score (nSPS) is 49.6. The van der Waals surface area contributed by atoms with Gasteiger partial charge in [-0.15, -0.1) is 0 Å². The molecule has 0 spiro atoms. The van der Waals surface area contributed by atoms with Crippen LogP contribution in [0.5, 0.6) is 0 Å². The van der Waals surface area contributed by atoms with Crippen molar-refractivity contribution >= 4 is 11.8 Å². The van der Waals surface area contributed by atoms with Crippen LogP contribution in [0.4, 0.5) is 0 Å². The highest BCUT2D eigenvalue weighted by Crippen LogP contribution is 2.36. The molecule has 0 aromatic heterocycles. The first-order chi connectivity index (χ1) is 28.8. The summed E-state index contributed by atoms with van der Waals surface area (Å²) in [6, 6.07) is -3.26. The number of aliphatic hydroxyl groups excluding tert-OH is 14. The highest BCUT2D eigenvalue weighted by atomic mass is 16.8. The highest BCUT2D eigenvalue weighted by molar-refractivity contribution is 5.73. The fourth-order valence-electron chi connectivity index (χ4n) is 7.76. The summed E-state index contributed by atoms with van der Waals surface area (Å²) in [6.07, 6.45) is -41.3. The molecule has 0 aromatic rings. The smallest absolute Gasteiger partial charge is 0.217 e. The lowest BCUT2D eigenvalue weighted by atomic mass is 9.94. The van der Waals surface area contributed by atoms with Crippen molar-refractivity contribution in [3.05, 3.63) is 0 Å². The Labute approximate surface area is 346 Å². The van der Waals surface area contributed by atoms with E-state index in [-0.39, 0.29) is 0 Å². The maximum atomic E-state index is 12.4. The molecule has 0 radical (unpaired) electrons. The van der Waals surface area contributed by atoms with E-state index < -0.39 is 192 Å². The average molecular weight is 895 g/mol. The summed E-state index contributed by atoms with van der Waals surface area (Å²) >= 11 is 0. The first-order valence-corrected chi connectivity index (χ1v) is 19.5. The molecule has 0 saturated carbocycles.